The Hall–Kier alpha value is -0.730. The highest BCUT2D eigenvalue weighted by Gasteiger charge is 2.27. The van der Waals surface area contributed by atoms with Crippen molar-refractivity contribution < 1.29 is 0 Å². The van der Waals surface area contributed by atoms with Crippen LogP contribution in [0.1, 0.15) is 53.9 Å². The predicted octanol–water partition coefficient (Wildman–Crippen LogP) is 3.11. The van der Waals surface area contributed by atoms with E-state index in [2.05, 4.69) is 44.5 Å². The summed E-state index contributed by atoms with van der Waals surface area (Å²) in [7, 11) is 0. The molecule has 1 heterocycles. The maximum absolute atomic E-state index is 6.10. The number of nitrogens with zero attached hydrogens (tertiary/aromatic N) is 2. The number of hydrogen-bond donors (Lipinski definition) is 1. The van der Waals surface area contributed by atoms with Crippen molar-refractivity contribution in [3.8, 4) is 0 Å². The topological polar surface area (TPSA) is 41.6 Å². The van der Waals surface area contributed by atoms with E-state index in [9.17, 15) is 0 Å². The van der Waals surface area contributed by atoms with Crippen LogP contribution in [0.3, 0.4) is 0 Å². The van der Waals surface area contributed by atoms with Gasteiger partial charge in [0, 0.05) is 19.6 Å². The van der Waals surface area contributed by atoms with Gasteiger partial charge in [0.1, 0.15) is 0 Å². The fourth-order valence-corrected chi connectivity index (χ4v) is 2.57. The summed E-state index contributed by atoms with van der Waals surface area (Å²) in [5, 5.41) is 0. The Morgan fingerprint density at radius 1 is 1.28 bits per heavy atom. The molecule has 1 aliphatic rings. The fourth-order valence-electron chi connectivity index (χ4n) is 2.57. The molecule has 3 nitrogen and oxygen atoms in total. The molecule has 3 heteroatoms. The molecule has 0 aromatic heterocycles. The molecule has 0 spiro atoms. The summed E-state index contributed by atoms with van der Waals surface area (Å²) in [5.41, 5.74) is 6.51. The van der Waals surface area contributed by atoms with Crippen LogP contribution in [-0.4, -0.2) is 30.5 Å². The molecule has 0 aliphatic carbocycles. The molecule has 1 fully saturated rings. The number of nitrogens with two attached hydrogens (primary N) is 1. The van der Waals surface area contributed by atoms with Crippen LogP contribution in [0, 0.1) is 17.3 Å². The van der Waals surface area contributed by atoms with E-state index in [0.29, 0.717) is 11.3 Å². The molecule has 1 saturated heterocycles. The monoisotopic (exact) mass is 253 g/mol. The Morgan fingerprint density at radius 2 is 1.94 bits per heavy atom. The van der Waals surface area contributed by atoms with Crippen LogP contribution >= 0.6 is 0 Å². The van der Waals surface area contributed by atoms with E-state index in [1.807, 2.05) is 0 Å². The molecule has 2 N–H and O–H groups in total. The molecule has 0 amide bonds. The quantitative estimate of drug-likeness (QED) is 0.607. The highest BCUT2D eigenvalue weighted by atomic mass is 15.2. The number of hydrogen-bond acceptors (Lipinski definition) is 1. The van der Waals surface area contributed by atoms with Crippen LogP contribution in [0.25, 0.3) is 0 Å². The number of aliphatic imine (C=N–C) groups is 1. The van der Waals surface area contributed by atoms with Gasteiger partial charge in [-0.2, -0.15) is 0 Å². The third kappa shape index (κ3) is 4.87. The van der Waals surface area contributed by atoms with Crippen LogP contribution in [0.2, 0.25) is 0 Å². The molecule has 0 radical (unpaired) electrons. The summed E-state index contributed by atoms with van der Waals surface area (Å²) >= 11 is 0. The number of likely N-dealkylation sites (tertiary alicyclic amines) is 1. The van der Waals surface area contributed by atoms with Crippen LogP contribution in [0.5, 0.6) is 0 Å². The molecular formula is C15H31N3. The second-order valence-corrected chi connectivity index (χ2v) is 7.07. The summed E-state index contributed by atoms with van der Waals surface area (Å²) in [6, 6.07) is 0. The largest absolute Gasteiger partial charge is 0.370 e. The van der Waals surface area contributed by atoms with Crippen molar-refractivity contribution >= 4 is 5.96 Å². The van der Waals surface area contributed by atoms with E-state index < -0.39 is 0 Å². The van der Waals surface area contributed by atoms with Gasteiger partial charge in [-0.25, -0.2) is 0 Å². The first-order valence-electron chi connectivity index (χ1n) is 7.35. The van der Waals surface area contributed by atoms with Crippen LogP contribution in [-0.2, 0) is 0 Å². The molecule has 18 heavy (non-hydrogen) atoms. The van der Waals surface area contributed by atoms with E-state index in [-0.39, 0.29) is 0 Å². The van der Waals surface area contributed by atoms with Crippen LogP contribution < -0.4 is 5.73 Å². The van der Waals surface area contributed by atoms with Crippen molar-refractivity contribution in [2.75, 3.05) is 19.6 Å². The summed E-state index contributed by atoms with van der Waals surface area (Å²) in [6.07, 6.45) is 3.79. The van der Waals surface area contributed by atoms with Gasteiger partial charge in [0.15, 0.2) is 5.96 Å². The molecule has 0 aromatic carbocycles. The smallest absolute Gasteiger partial charge is 0.191 e. The maximum atomic E-state index is 6.10. The molecule has 0 saturated carbocycles. The third-order valence-corrected chi connectivity index (χ3v) is 3.90. The first kappa shape index (κ1) is 15.3. The van der Waals surface area contributed by atoms with Crippen molar-refractivity contribution in [3.63, 3.8) is 0 Å². The van der Waals surface area contributed by atoms with Crippen LogP contribution in [0.15, 0.2) is 4.99 Å². The average Bonchev–Trinajstić information content (AvgIpc) is 2.50. The molecule has 1 aliphatic heterocycles. The van der Waals surface area contributed by atoms with E-state index >= 15 is 0 Å². The summed E-state index contributed by atoms with van der Waals surface area (Å²) in [4.78, 5) is 6.77. The highest BCUT2D eigenvalue weighted by Crippen LogP contribution is 2.34. The van der Waals surface area contributed by atoms with Gasteiger partial charge < -0.3 is 10.6 Å². The lowest BCUT2D eigenvalue weighted by molar-refractivity contribution is 0.216. The van der Waals surface area contributed by atoms with E-state index in [4.69, 9.17) is 5.73 Å². The van der Waals surface area contributed by atoms with Gasteiger partial charge in [0.05, 0.1) is 0 Å². The van der Waals surface area contributed by atoms with E-state index in [0.717, 1.165) is 31.5 Å². The standard InChI is InChI=1S/C15H31N3/c1-12(2)11-17-14(16)18-9-6-7-13(8-10-18)15(3,4)5/h12-13H,6-11H2,1-5H3,(H2,16,17). The highest BCUT2D eigenvalue weighted by molar-refractivity contribution is 5.78. The van der Waals surface area contributed by atoms with Gasteiger partial charge in [-0.05, 0) is 36.5 Å². The predicted molar refractivity (Wildman–Crippen MR) is 79.7 cm³/mol. The number of guanidine groups is 1. The fraction of sp³-hybridized carbons (Fsp3) is 0.933. The zero-order valence-electron chi connectivity index (χ0n) is 12.9. The van der Waals surface area contributed by atoms with Gasteiger partial charge in [-0.1, -0.05) is 34.6 Å². The second-order valence-electron chi connectivity index (χ2n) is 7.07. The molecule has 106 valence electrons. The Labute approximate surface area is 113 Å². The summed E-state index contributed by atoms with van der Waals surface area (Å²) in [6.45, 7) is 14.4. The van der Waals surface area contributed by atoms with E-state index in [1.54, 1.807) is 0 Å². The lowest BCUT2D eigenvalue weighted by atomic mass is 9.77. The average molecular weight is 253 g/mol. The molecular weight excluding hydrogens is 222 g/mol. The first-order chi connectivity index (χ1) is 8.30. The van der Waals surface area contributed by atoms with E-state index in [1.165, 1.54) is 19.3 Å². The lowest BCUT2D eigenvalue weighted by Gasteiger charge is -2.29. The molecule has 1 unspecified atom stereocenters. The van der Waals surface area contributed by atoms with Crippen molar-refractivity contribution in [3.05, 3.63) is 0 Å². The van der Waals surface area contributed by atoms with Crippen molar-refractivity contribution in [2.45, 2.75) is 53.9 Å². The lowest BCUT2D eigenvalue weighted by Crippen LogP contribution is -2.38. The third-order valence-electron chi connectivity index (χ3n) is 3.90. The van der Waals surface area contributed by atoms with Crippen molar-refractivity contribution in [1.82, 2.24) is 4.90 Å². The van der Waals surface area contributed by atoms with Gasteiger partial charge >= 0.3 is 0 Å². The first-order valence-corrected chi connectivity index (χ1v) is 7.35. The van der Waals surface area contributed by atoms with Crippen molar-refractivity contribution in [1.29, 1.82) is 0 Å². The SMILES string of the molecule is CC(C)CN=C(N)N1CCCC(C(C)(C)C)CC1. The Kier molecular flexibility index (Phi) is 5.48. The maximum Gasteiger partial charge on any atom is 0.191 e. The summed E-state index contributed by atoms with van der Waals surface area (Å²) in [5.74, 6) is 2.14. The van der Waals surface area contributed by atoms with Crippen molar-refractivity contribution in [2.24, 2.45) is 28.0 Å². The van der Waals surface area contributed by atoms with Gasteiger partial charge in [0.2, 0.25) is 0 Å². The number of rotatable bonds is 2. The zero-order valence-corrected chi connectivity index (χ0v) is 12.9. The summed E-state index contributed by atoms with van der Waals surface area (Å²) < 4.78 is 0. The van der Waals surface area contributed by atoms with Gasteiger partial charge in [0.25, 0.3) is 0 Å². The normalized spacial score (nSPS) is 23.3. The zero-order chi connectivity index (χ0) is 13.8. The Balaban J connectivity index is 2.54. The molecule has 0 bridgehead atoms. The minimum atomic E-state index is 0.417. The van der Waals surface area contributed by atoms with Crippen LogP contribution in [0.4, 0.5) is 0 Å². The molecule has 1 atom stereocenters. The molecule has 1 rings (SSSR count). The van der Waals surface area contributed by atoms with Gasteiger partial charge in [-0.3, -0.25) is 4.99 Å². The van der Waals surface area contributed by atoms with Gasteiger partial charge in [-0.15, -0.1) is 0 Å². The molecule has 0 aromatic rings. The second kappa shape index (κ2) is 6.44. The Bertz CT molecular complexity index is 276. The Morgan fingerprint density at radius 3 is 2.50 bits per heavy atom. The minimum absolute atomic E-state index is 0.417. The minimum Gasteiger partial charge on any atom is -0.370 e.